The van der Waals surface area contributed by atoms with Crippen LogP contribution in [0.1, 0.15) is 24.8 Å². The zero-order valence-corrected chi connectivity index (χ0v) is 17.4. The number of carbonyl (C=O) groups is 1. The Hall–Kier alpha value is -1.29. The van der Waals surface area contributed by atoms with Gasteiger partial charge < -0.3 is 10.2 Å². The lowest BCUT2D eigenvalue weighted by atomic mass is 9.85. The molecule has 1 atom stereocenters. The van der Waals surface area contributed by atoms with Gasteiger partial charge in [-0.1, -0.05) is 0 Å². The number of likely N-dealkylation sites (tertiary alicyclic amines) is 1. The third-order valence-corrected chi connectivity index (χ3v) is 5.75. The van der Waals surface area contributed by atoms with Gasteiger partial charge in [0.15, 0.2) is 11.6 Å². The van der Waals surface area contributed by atoms with E-state index in [2.05, 4.69) is 10.0 Å². The molecule has 1 aliphatic heterocycles. The minimum absolute atomic E-state index is 0.0604. The van der Waals surface area contributed by atoms with Gasteiger partial charge in [-0.3, -0.25) is 9.52 Å². The number of amides is 1. The van der Waals surface area contributed by atoms with Crippen LogP contribution < -0.4 is 10.0 Å². The molecule has 9 heteroatoms. The van der Waals surface area contributed by atoms with Crippen LogP contribution in [0, 0.1) is 23.4 Å². The number of carbonyl (C=O) groups excluding carboxylic acids is 1. The molecule has 0 aliphatic carbocycles. The highest BCUT2D eigenvalue weighted by Gasteiger charge is 2.28. The molecule has 2 N–H and O–H groups in total. The quantitative estimate of drug-likeness (QED) is 0.367. The third kappa shape index (κ3) is 6.65. The molecule has 5 nitrogen and oxygen atoms in total. The van der Waals surface area contributed by atoms with Gasteiger partial charge in [-0.25, -0.2) is 17.5 Å². The highest BCUT2D eigenvalue weighted by atomic mass is 32.2. The lowest BCUT2D eigenvalue weighted by Gasteiger charge is -2.36. The summed E-state index contributed by atoms with van der Waals surface area (Å²) < 4.78 is 45.6. The Morgan fingerprint density at radius 1 is 1.21 bits per heavy atom. The average Bonchev–Trinajstić information content (AvgIpc) is 2.67. The topological polar surface area (TPSA) is 47.6 Å². The second-order valence-corrected chi connectivity index (χ2v) is 8.42. The Balaban J connectivity index is 1.83. The van der Waals surface area contributed by atoms with Crippen LogP contribution in [0.3, 0.4) is 0 Å². The van der Waals surface area contributed by atoms with Gasteiger partial charge in [0.1, 0.15) is 5.82 Å². The summed E-state index contributed by atoms with van der Waals surface area (Å²) in [5.74, 6) is -2.57. The van der Waals surface area contributed by atoms with E-state index >= 15 is 0 Å². The number of likely N-dealkylation sites (N-methyl/N-ethyl adjacent to an activating group) is 1. The molecule has 1 heterocycles. The van der Waals surface area contributed by atoms with Crippen LogP contribution in [0.25, 0.3) is 0 Å². The molecule has 0 aromatic heterocycles. The van der Waals surface area contributed by atoms with Gasteiger partial charge in [0.2, 0.25) is 5.91 Å². The van der Waals surface area contributed by atoms with E-state index < -0.39 is 17.5 Å². The van der Waals surface area contributed by atoms with Gasteiger partial charge in [-0.2, -0.15) is 0 Å². The molecule has 0 bridgehead atoms. The maximum atomic E-state index is 14.0. The van der Waals surface area contributed by atoms with Gasteiger partial charge in [-0.15, -0.1) is 0 Å². The van der Waals surface area contributed by atoms with Gasteiger partial charge in [0, 0.05) is 50.3 Å². The zero-order chi connectivity index (χ0) is 20.7. The van der Waals surface area contributed by atoms with Crippen molar-refractivity contribution in [2.45, 2.75) is 31.7 Å². The molecule has 1 fully saturated rings. The molecule has 0 saturated carbocycles. The van der Waals surface area contributed by atoms with Crippen LogP contribution in [-0.2, 0) is 11.2 Å². The summed E-state index contributed by atoms with van der Waals surface area (Å²) in [7, 11) is 5.64. The van der Waals surface area contributed by atoms with E-state index in [0.29, 0.717) is 32.1 Å². The van der Waals surface area contributed by atoms with Gasteiger partial charge in [0.25, 0.3) is 0 Å². The predicted molar refractivity (Wildman–Crippen MR) is 106 cm³/mol. The van der Waals surface area contributed by atoms with E-state index in [1.165, 1.54) is 12.1 Å². The highest BCUT2D eigenvalue weighted by Crippen LogP contribution is 2.25. The van der Waals surface area contributed by atoms with Crippen LogP contribution in [0.2, 0.25) is 0 Å². The summed E-state index contributed by atoms with van der Waals surface area (Å²) in [6.45, 7) is 1.92. The molecule has 1 aromatic rings. The summed E-state index contributed by atoms with van der Waals surface area (Å²) in [5, 5.41) is 3.17. The number of nitrogens with zero attached hydrogens (tertiary/aromatic N) is 2. The average molecular weight is 419 g/mol. The first kappa shape index (κ1) is 23.0. The first-order chi connectivity index (χ1) is 13.3. The van der Waals surface area contributed by atoms with Gasteiger partial charge >= 0.3 is 0 Å². The third-order valence-electron chi connectivity index (χ3n) is 5.05. The second-order valence-electron chi connectivity index (χ2n) is 7.22. The summed E-state index contributed by atoms with van der Waals surface area (Å²) >= 11 is 1.45. The fourth-order valence-electron chi connectivity index (χ4n) is 3.50. The largest absolute Gasteiger partial charge is 0.343 e. The molecular weight excluding hydrogens is 389 g/mol. The summed E-state index contributed by atoms with van der Waals surface area (Å²) in [6.07, 6.45) is 2.32. The number of hydrogen-bond acceptors (Lipinski definition) is 5. The van der Waals surface area contributed by atoms with Crippen molar-refractivity contribution in [2.24, 2.45) is 5.92 Å². The number of hydrogen-bond donors (Lipinski definition) is 2. The van der Waals surface area contributed by atoms with Crippen molar-refractivity contribution < 1.29 is 18.0 Å². The molecule has 1 amide bonds. The first-order valence-electron chi connectivity index (χ1n) is 9.47. The van der Waals surface area contributed by atoms with Crippen molar-refractivity contribution in [3.05, 3.63) is 35.1 Å². The lowest BCUT2D eigenvalue weighted by Crippen LogP contribution is -2.45. The predicted octanol–water partition coefficient (Wildman–Crippen LogP) is 2.58. The smallest absolute Gasteiger partial charge is 0.223 e. The van der Waals surface area contributed by atoms with Crippen molar-refractivity contribution in [3.8, 4) is 0 Å². The van der Waals surface area contributed by atoms with E-state index in [4.69, 9.17) is 0 Å². The Morgan fingerprint density at radius 2 is 1.86 bits per heavy atom. The van der Waals surface area contributed by atoms with Crippen LogP contribution in [-0.4, -0.2) is 61.9 Å². The Kier molecular flexibility index (Phi) is 9.07. The van der Waals surface area contributed by atoms with E-state index in [-0.39, 0.29) is 29.9 Å². The van der Waals surface area contributed by atoms with E-state index in [1.807, 2.05) is 23.3 Å². The van der Waals surface area contributed by atoms with Crippen LogP contribution >= 0.6 is 12.1 Å². The molecule has 158 valence electrons. The standard InChI is InChI=1S/C19H29F3N4OS/c1-23-18(11-14-10-16(21)17(22)12-15(14)20)13-5-8-26(9-6-13)19(27)4-7-24-28-25(2)3/h10,12-13,18,23-24H,4-9,11H2,1-3H3. The van der Waals surface area contributed by atoms with Crippen LogP contribution in [0.15, 0.2) is 12.1 Å². The van der Waals surface area contributed by atoms with Crippen molar-refractivity contribution in [2.75, 3.05) is 40.8 Å². The number of piperidine rings is 1. The van der Waals surface area contributed by atoms with E-state index in [1.54, 1.807) is 7.05 Å². The monoisotopic (exact) mass is 418 g/mol. The molecule has 0 radical (unpaired) electrons. The molecule has 0 spiro atoms. The van der Waals surface area contributed by atoms with Crippen molar-refractivity contribution in [1.29, 1.82) is 0 Å². The van der Waals surface area contributed by atoms with Crippen molar-refractivity contribution in [3.63, 3.8) is 0 Å². The first-order valence-corrected chi connectivity index (χ1v) is 10.2. The zero-order valence-electron chi connectivity index (χ0n) is 16.6. The van der Waals surface area contributed by atoms with Gasteiger partial charge in [-0.05, 0) is 58.0 Å². The minimum Gasteiger partial charge on any atom is -0.343 e. The Labute approximate surface area is 169 Å². The number of nitrogens with one attached hydrogen (secondary N) is 2. The fourth-order valence-corrected chi connectivity index (χ4v) is 3.96. The molecule has 1 aromatic carbocycles. The summed E-state index contributed by atoms with van der Waals surface area (Å²) in [4.78, 5) is 14.2. The second kappa shape index (κ2) is 11.0. The molecule has 1 unspecified atom stereocenters. The van der Waals surface area contributed by atoms with Crippen LogP contribution in [0.5, 0.6) is 0 Å². The maximum Gasteiger partial charge on any atom is 0.223 e. The summed E-state index contributed by atoms with van der Waals surface area (Å²) in [6, 6.07) is 1.48. The molecule has 28 heavy (non-hydrogen) atoms. The maximum absolute atomic E-state index is 14.0. The molecule has 1 aliphatic rings. The Bertz CT molecular complexity index is 654. The number of halogens is 3. The van der Waals surface area contributed by atoms with E-state index in [0.717, 1.165) is 18.9 Å². The lowest BCUT2D eigenvalue weighted by molar-refractivity contribution is -0.132. The van der Waals surface area contributed by atoms with Crippen molar-refractivity contribution >= 4 is 18.0 Å². The van der Waals surface area contributed by atoms with Gasteiger partial charge in [0.05, 0.1) is 0 Å². The molecule has 2 rings (SSSR count). The van der Waals surface area contributed by atoms with Crippen molar-refractivity contribution in [1.82, 2.24) is 19.2 Å². The summed E-state index contributed by atoms with van der Waals surface area (Å²) in [5.41, 5.74) is 0.168. The molecular formula is C19H29F3N4OS. The number of benzene rings is 1. The Morgan fingerprint density at radius 3 is 2.46 bits per heavy atom. The van der Waals surface area contributed by atoms with Crippen LogP contribution in [0.4, 0.5) is 13.2 Å². The normalized spacial score (nSPS) is 16.6. The minimum atomic E-state index is -1.17. The molecule has 1 saturated heterocycles. The van der Waals surface area contributed by atoms with E-state index in [9.17, 15) is 18.0 Å². The highest BCUT2D eigenvalue weighted by molar-refractivity contribution is 7.95. The fraction of sp³-hybridized carbons (Fsp3) is 0.632. The number of rotatable bonds is 9. The SMILES string of the molecule is CNC(Cc1cc(F)c(F)cc1F)C1CCN(C(=O)CCNSN(C)C)CC1.